The van der Waals surface area contributed by atoms with Crippen LogP contribution in [0.4, 0.5) is 13.2 Å². The fourth-order valence-corrected chi connectivity index (χ4v) is 0. The summed E-state index contributed by atoms with van der Waals surface area (Å²) in [5.41, 5.74) is 0. The van der Waals surface area contributed by atoms with E-state index in [2.05, 4.69) is 0 Å². The van der Waals surface area contributed by atoms with Crippen molar-refractivity contribution >= 4 is 0 Å². The Bertz CT molecular complexity index is 28.4. The Labute approximate surface area is 52.5 Å². The molecule has 0 amide bonds. The van der Waals surface area contributed by atoms with Crippen molar-refractivity contribution in [2.75, 3.05) is 0 Å². The topological polar surface area (TPSA) is 51.7 Å². The van der Waals surface area contributed by atoms with Gasteiger partial charge in [-0.15, -0.1) is 13.2 Å². The normalized spacial score (nSPS) is 8.57. The van der Waals surface area contributed by atoms with Crippen LogP contribution in [0.15, 0.2) is 0 Å². The molecule has 0 aliphatic rings. The molecule has 0 heterocycles. The predicted molar refractivity (Wildman–Crippen MR) is 11.9 cm³/mol. The number of hydrogen-bond acceptors (Lipinski definition) is 1. The van der Waals surface area contributed by atoms with E-state index in [-0.39, 0.29) is 27.2 Å². The van der Waals surface area contributed by atoms with Crippen LogP contribution in [-0.4, -0.2) is 16.9 Å². The van der Waals surface area contributed by atoms with Gasteiger partial charge in [-0.2, -0.15) is 0 Å². The van der Waals surface area contributed by atoms with Gasteiger partial charge in [0.1, 0.15) is 0 Å². The molecule has 0 saturated carbocycles. The first-order valence-electron chi connectivity index (χ1n) is 0.791. The molecule has 0 aliphatic carbocycles. The average molecular weight is 152 g/mol. The fourth-order valence-electron chi connectivity index (χ4n) is 0. The first-order chi connectivity index (χ1) is 2.00. The smallest absolute Gasteiger partial charge is 0.412 e. The fraction of sp³-hybridized carbons (Fsp3) is 1.00. The Hall–Kier alpha value is 0.424. The van der Waals surface area contributed by atoms with E-state index in [0.717, 1.165) is 0 Å². The molecule has 0 fully saturated rings. The van der Waals surface area contributed by atoms with Crippen molar-refractivity contribution in [3.63, 3.8) is 0 Å². The zero-order valence-corrected chi connectivity index (χ0v) is 4.64. The van der Waals surface area contributed by atoms with Crippen molar-refractivity contribution in [1.29, 1.82) is 0 Å². The Morgan fingerprint density at radius 3 is 1.14 bits per heavy atom. The van der Waals surface area contributed by atoms with E-state index in [1.807, 2.05) is 0 Å². The summed E-state index contributed by atoms with van der Waals surface area (Å²) in [4.78, 5) is 0. The van der Waals surface area contributed by atoms with Crippen molar-refractivity contribution in [3.05, 3.63) is 0 Å². The third kappa shape index (κ3) is 699. The number of hydrogen-bond donors (Lipinski definition) is 1. The Morgan fingerprint density at radius 2 is 1.14 bits per heavy atom. The molecule has 3 N–H and O–H groups in total. The van der Waals surface area contributed by atoms with E-state index in [1.165, 1.54) is 0 Å². The maximum Gasteiger partial charge on any atom is 0.519 e. The first kappa shape index (κ1) is 15.7. The van der Waals surface area contributed by atoms with Gasteiger partial charge in [0.25, 0.3) is 0 Å². The van der Waals surface area contributed by atoms with Gasteiger partial charge < -0.3 is 10.6 Å². The maximum atomic E-state index is 9.91. The zero-order chi connectivity index (χ0) is 4.50. The zero-order valence-electron chi connectivity index (χ0n) is 3.08. The molecular formula is CH3F3O2Ti. The molecule has 7 heavy (non-hydrogen) atoms. The molecule has 6 heteroatoms. The van der Waals surface area contributed by atoms with Gasteiger partial charge in [0.15, 0.2) is 0 Å². The standard InChI is InChI=1S/CHF3O.H2O.Ti/c2-1(3,4)5;;/h5H;1H2;. The Morgan fingerprint density at radius 1 is 1.14 bits per heavy atom. The summed E-state index contributed by atoms with van der Waals surface area (Å²) in [5, 5.41) is 6.52. The summed E-state index contributed by atoms with van der Waals surface area (Å²) < 4.78 is 29.7. The second-order valence-corrected chi connectivity index (χ2v) is 0.468. The molecule has 0 saturated heterocycles. The summed E-state index contributed by atoms with van der Waals surface area (Å²) in [7, 11) is 0. The molecule has 0 aromatic heterocycles. The summed E-state index contributed by atoms with van der Waals surface area (Å²) in [6.45, 7) is 0. The van der Waals surface area contributed by atoms with Crippen LogP contribution in [0.1, 0.15) is 0 Å². The van der Waals surface area contributed by atoms with Crippen molar-refractivity contribution in [1.82, 2.24) is 0 Å². The quantitative estimate of drug-likeness (QED) is 0.474. The molecule has 0 radical (unpaired) electrons. The monoisotopic (exact) mass is 152 g/mol. The molecule has 0 unspecified atom stereocenters. The number of rotatable bonds is 0. The van der Waals surface area contributed by atoms with Gasteiger partial charge in [0, 0.05) is 21.7 Å². The van der Waals surface area contributed by atoms with Gasteiger partial charge in [-0.25, -0.2) is 0 Å². The van der Waals surface area contributed by atoms with Crippen LogP contribution >= 0.6 is 0 Å². The minimum Gasteiger partial charge on any atom is -0.412 e. The van der Waals surface area contributed by atoms with Crippen LogP contribution in [0.2, 0.25) is 0 Å². The Balaban J connectivity index is -0.0000000800. The van der Waals surface area contributed by atoms with Crippen LogP contribution in [0.3, 0.4) is 0 Å². The maximum absolute atomic E-state index is 9.91. The first-order valence-corrected chi connectivity index (χ1v) is 0.791. The van der Waals surface area contributed by atoms with Crippen molar-refractivity contribution in [2.45, 2.75) is 6.36 Å². The van der Waals surface area contributed by atoms with Crippen LogP contribution in [0, 0.1) is 0 Å². The van der Waals surface area contributed by atoms with Crippen molar-refractivity contribution < 1.29 is 45.5 Å². The Kier molecular flexibility index (Phi) is 10.2. The second-order valence-electron chi connectivity index (χ2n) is 0.468. The second kappa shape index (κ2) is 4.58. The predicted octanol–water partition coefficient (Wildman–Crippen LogP) is -0.329. The number of halogens is 3. The minimum atomic E-state index is -5.00. The van der Waals surface area contributed by atoms with E-state index < -0.39 is 6.36 Å². The molecule has 0 bridgehead atoms. The molecule has 0 aromatic carbocycles. The summed E-state index contributed by atoms with van der Waals surface area (Å²) >= 11 is 0. The number of alkyl halides is 3. The van der Waals surface area contributed by atoms with E-state index >= 15 is 0 Å². The van der Waals surface area contributed by atoms with Crippen LogP contribution in [-0.2, 0) is 21.7 Å². The molecule has 44 valence electrons. The molecule has 0 spiro atoms. The van der Waals surface area contributed by atoms with E-state index in [4.69, 9.17) is 5.11 Å². The van der Waals surface area contributed by atoms with Gasteiger partial charge in [-0.05, 0) is 0 Å². The van der Waals surface area contributed by atoms with Crippen LogP contribution in [0.25, 0.3) is 0 Å². The molecule has 2 nitrogen and oxygen atoms in total. The van der Waals surface area contributed by atoms with E-state index in [9.17, 15) is 13.2 Å². The summed E-state index contributed by atoms with van der Waals surface area (Å²) in [6, 6.07) is 0. The molecule has 0 atom stereocenters. The van der Waals surface area contributed by atoms with Crippen molar-refractivity contribution in [2.24, 2.45) is 0 Å². The van der Waals surface area contributed by atoms with Gasteiger partial charge in [-0.3, -0.25) is 0 Å². The average Bonchev–Trinajstić information content (AvgIpc) is 0.722. The minimum absolute atomic E-state index is 0. The molecule has 0 rings (SSSR count). The molecule has 0 aromatic rings. The van der Waals surface area contributed by atoms with Crippen LogP contribution in [0.5, 0.6) is 0 Å². The molecular weight excluding hydrogens is 149 g/mol. The van der Waals surface area contributed by atoms with Gasteiger partial charge in [0.2, 0.25) is 0 Å². The molecule has 0 aliphatic heterocycles. The van der Waals surface area contributed by atoms with E-state index in [0.29, 0.717) is 0 Å². The SMILES string of the molecule is O.OC(F)(F)F.[Ti]. The van der Waals surface area contributed by atoms with Gasteiger partial charge in [0.05, 0.1) is 0 Å². The van der Waals surface area contributed by atoms with Crippen LogP contribution < -0.4 is 0 Å². The van der Waals surface area contributed by atoms with Gasteiger partial charge in [-0.1, -0.05) is 0 Å². The van der Waals surface area contributed by atoms with E-state index in [1.54, 1.807) is 0 Å². The third-order valence-electron chi connectivity index (χ3n) is 0. The van der Waals surface area contributed by atoms with Crippen molar-refractivity contribution in [3.8, 4) is 0 Å². The third-order valence-corrected chi connectivity index (χ3v) is 0. The largest absolute Gasteiger partial charge is 0.519 e. The summed E-state index contributed by atoms with van der Waals surface area (Å²) in [6.07, 6.45) is -5.00. The number of aliphatic hydroxyl groups is 1. The van der Waals surface area contributed by atoms with Gasteiger partial charge >= 0.3 is 6.36 Å². The summed E-state index contributed by atoms with van der Waals surface area (Å²) in [5.74, 6) is 0.